The fraction of sp³-hybridized carbons (Fsp3) is 0.421. The summed E-state index contributed by atoms with van der Waals surface area (Å²) in [6.45, 7) is 6.60. The van der Waals surface area contributed by atoms with Gasteiger partial charge in [-0.25, -0.2) is 4.98 Å². The molecule has 0 spiro atoms. The van der Waals surface area contributed by atoms with Crippen molar-refractivity contribution in [3.8, 4) is 10.6 Å². The number of fused-ring (bicyclic) bond motifs is 1. The van der Waals surface area contributed by atoms with Crippen LogP contribution in [0.1, 0.15) is 36.3 Å². The van der Waals surface area contributed by atoms with Crippen molar-refractivity contribution in [3.63, 3.8) is 0 Å². The van der Waals surface area contributed by atoms with Crippen LogP contribution in [0.5, 0.6) is 0 Å². The Labute approximate surface area is 155 Å². The number of hydrogen-bond donors (Lipinski definition) is 1. The van der Waals surface area contributed by atoms with E-state index in [0.717, 1.165) is 11.3 Å². The summed E-state index contributed by atoms with van der Waals surface area (Å²) in [5, 5.41) is 16.9. The summed E-state index contributed by atoms with van der Waals surface area (Å²) >= 11 is 1.57. The molecule has 6 nitrogen and oxygen atoms in total. The van der Waals surface area contributed by atoms with Crippen molar-refractivity contribution in [2.45, 2.75) is 32.8 Å². The molecular weight excluding hydrogens is 350 g/mol. The van der Waals surface area contributed by atoms with E-state index in [1.165, 1.54) is 0 Å². The number of nitrogens with zero attached hydrogens (tertiary/aromatic N) is 3. The van der Waals surface area contributed by atoms with Gasteiger partial charge < -0.3 is 14.5 Å². The molecular formula is C19H21N3O3S. The Morgan fingerprint density at radius 2 is 2.27 bits per heavy atom. The number of rotatable bonds is 3. The van der Waals surface area contributed by atoms with Gasteiger partial charge in [0.2, 0.25) is 0 Å². The van der Waals surface area contributed by atoms with E-state index in [1.807, 2.05) is 35.4 Å². The van der Waals surface area contributed by atoms with Crippen LogP contribution in [0.15, 0.2) is 28.1 Å². The fourth-order valence-corrected chi connectivity index (χ4v) is 4.19. The highest BCUT2D eigenvalue weighted by molar-refractivity contribution is 7.13. The van der Waals surface area contributed by atoms with Crippen molar-refractivity contribution in [1.29, 1.82) is 0 Å². The maximum absolute atomic E-state index is 13.3. The zero-order valence-electron chi connectivity index (χ0n) is 15.0. The highest BCUT2D eigenvalue weighted by Crippen LogP contribution is 2.32. The average Bonchev–Trinajstić information content (AvgIpc) is 3.33. The molecule has 1 amide bonds. The third-order valence-electron chi connectivity index (χ3n) is 5.10. The van der Waals surface area contributed by atoms with Gasteiger partial charge in [0.15, 0.2) is 0 Å². The van der Waals surface area contributed by atoms with Crippen LogP contribution in [-0.2, 0) is 0 Å². The van der Waals surface area contributed by atoms with Crippen LogP contribution in [0.3, 0.4) is 0 Å². The molecule has 1 aliphatic heterocycles. The summed E-state index contributed by atoms with van der Waals surface area (Å²) < 4.78 is 5.35. The molecule has 4 heterocycles. The minimum Gasteiger partial charge on any atom is -0.390 e. The smallest absolute Gasteiger partial charge is 0.259 e. The number of aliphatic hydroxyl groups is 1. The number of amides is 1. The van der Waals surface area contributed by atoms with E-state index in [4.69, 9.17) is 4.52 Å². The van der Waals surface area contributed by atoms with Gasteiger partial charge in [0, 0.05) is 19.0 Å². The Hall–Kier alpha value is -2.25. The predicted octanol–water partition coefficient (Wildman–Crippen LogP) is 3.49. The monoisotopic (exact) mass is 371 g/mol. The van der Waals surface area contributed by atoms with E-state index in [0.29, 0.717) is 41.1 Å². The number of likely N-dealkylation sites (tertiary alicyclic amines) is 1. The Kier molecular flexibility index (Phi) is 4.08. The van der Waals surface area contributed by atoms with Gasteiger partial charge in [-0.05, 0) is 44.7 Å². The molecule has 136 valence electrons. The van der Waals surface area contributed by atoms with Crippen molar-refractivity contribution in [3.05, 3.63) is 34.8 Å². The van der Waals surface area contributed by atoms with E-state index in [9.17, 15) is 9.90 Å². The predicted molar refractivity (Wildman–Crippen MR) is 100 cm³/mol. The summed E-state index contributed by atoms with van der Waals surface area (Å²) in [5.41, 5.74) is 1.53. The molecule has 1 atom stereocenters. The Bertz CT molecular complexity index is 956. The molecule has 3 aromatic rings. The molecule has 1 aliphatic rings. The molecule has 0 aromatic carbocycles. The first-order valence-corrected chi connectivity index (χ1v) is 9.55. The van der Waals surface area contributed by atoms with Crippen molar-refractivity contribution in [1.82, 2.24) is 15.0 Å². The molecule has 1 fully saturated rings. The molecule has 7 heteroatoms. The molecule has 0 radical (unpaired) electrons. The van der Waals surface area contributed by atoms with Gasteiger partial charge in [-0.15, -0.1) is 11.3 Å². The quantitative estimate of drug-likeness (QED) is 0.762. The highest BCUT2D eigenvalue weighted by Gasteiger charge is 2.36. The zero-order valence-corrected chi connectivity index (χ0v) is 15.8. The van der Waals surface area contributed by atoms with Crippen LogP contribution >= 0.6 is 11.3 Å². The van der Waals surface area contributed by atoms with Gasteiger partial charge in [-0.2, -0.15) is 0 Å². The Morgan fingerprint density at radius 1 is 1.46 bits per heavy atom. The number of hydrogen-bond acceptors (Lipinski definition) is 6. The Balaban J connectivity index is 1.75. The third kappa shape index (κ3) is 2.91. The number of pyridine rings is 1. The molecule has 0 saturated carbocycles. The summed E-state index contributed by atoms with van der Waals surface area (Å²) in [6, 6.07) is 5.75. The number of carbonyl (C=O) groups excluding carboxylic acids is 1. The van der Waals surface area contributed by atoms with Crippen molar-refractivity contribution in [2.24, 2.45) is 5.92 Å². The minimum atomic E-state index is -0.794. The second-order valence-corrected chi connectivity index (χ2v) is 8.32. The van der Waals surface area contributed by atoms with E-state index < -0.39 is 5.60 Å². The zero-order chi connectivity index (χ0) is 18.5. The van der Waals surface area contributed by atoms with E-state index >= 15 is 0 Å². The van der Waals surface area contributed by atoms with Crippen LogP contribution in [0, 0.1) is 12.8 Å². The van der Waals surface area contributed by atoms with Gasteiger partial charge in [0.05, 0.1) is 32.8 Å². The number of carbonyl (C=O) groups is 1. The lowest BCUT2D eigenvalue weighted by atomic mass is 9.90. The SMILES string of the molecule is Cc1noc2nc(-c3cccs3)cc(C(=O)N3CCC(C(C)(C)O)C3)c12. The molecule has 26 heavy (non-hydrogen) atoms. The summed E-state index contributed by atoms with van der Waals surface area (Å²) in [4.78, 5) is 20.6. The van der Waals surface area contributed by atoms with Crippen molar-refractivity contribution >= 4 is 28.3 Å². The second-order valence-electron chi connectivity index (χ2n) is 7.37. The van der Waals surface area contributed by atoms with Gasteiger partial charge in [0.1, 0.15) is 0 Å². The average molecular weight is 371 g/mol. The number of aromatic nitrogens is 2. The van der Waals surface area contributed by atoms with E-state index in [-0.39, 0.29) is 11.8 Å². The summed E-state index contributed by atoms with van der Waals surface area (Å²) in [5.74, 6) is 0.0115. The van der Waals surface area contributed by atoms with E-state index in [1.54, 1.807) is 25.2 Å². The minimum absolute atomic E-state index is 0.0618. The topological polar surface area (TPSA) is 79.5 Å². The summed E-state index contributed by atoms with van der Waals surface area (Å²) in [7, 11) is 0. The molecule has 1 unspecified atom stereocenters. The lowest BCUT2D eigenvalue weighted by Crippen LogP contribution is -2.35. The molecule has 0 aliphatic carbocycles. The highest BCUT2D eigenvalue weighted by atomic mass is 32.1. The van der Waals surface area contributed by atoms with Crippen LogP contribution in [0.4, 0.5) is 0 Å². The standard InChI is InChI=1S/C19H21N3O3S/c1-11-16-13(18(23)22-7-6-12(10-22)19(2,3)24)9-14(15-5-4-8-26-15)20-17(16)25-21-11/h4-5,8-9,12,24H,6-7,10H2,1-3H3. The lowest BCUT2D eigenvalue weighted by molar-refractivity contribution is 0.0211. The van der Waals surface area contributed by atoms with Gasteiger partial charge in [-0.1, -0.05) is 11.2 Å². The van der Waals surface area contributed by atoms with Crippen molar-refractivity contribution in [2.75, 3.05) is 13.1 Å². The van der Waals surface area contributed by atoms with Gasteiger partial charge in [0.25, 0.3) is 11.6 Å². The normalized spacial score (nSPS) is 18.0. The van der Waals surface area contributed by atoms with Crippen LogP contribution < -0.4 is 0 Å². The first-order chi connectivity index (χ1) is 12.3. The van der Waals surface area contributed by atoms with Gasteiger partial charge >= 0.3 is 0 Å². The maximum Gasteiger partial charge on any atom is 0.259 e. The fourth-order valence-electron chi connectivity index (χ4n) is 3.51. The van der Waals surface area contributed by atoms with Crippen LogP contribution in [0.2, 0.25) is 0 Å². The van der Waals surface area contributed by atoms with E-state index in [2.05, 4.69) is 10.1 Å². The molecule has 4 rings (SSSR count). The third-order valence-corrected chi connectivity index (χ3v) is 5.99. The number of aryl methyl sites for hydroxylation is 1. The van der Waals surface area contributed by atoms with Crippen molar-refractivity contribution < 1.29 is 14.4 Å². The molecule has 1 N–H and O–H groups in total. The first kappa shape index (κ1) is 17.2. The van der Waals surface area contributed by atoms with Gasteiger partial charge in [-0.3, -0.25) is 4.79 Å². The second kappa shape index (κ2) is 6.17. The summed E-state index contributed by atoms with van der Waals surface area (Å²) in [6.07, 6.45) is 0.796. The molecule has 3 aromatic heterocycles. The maximum atomic E-state index is 13.3. The molecule has 1 saturated heterocycles. The molecule has 0 bridgehead atoms. The largest absolute Gasteiger partial charge is 0.390 e. The van der Waals surface area contributed by atoms with Crippen LogP contribution in [0.25, 0.3) is 21.7 Å². The lowest BCUT2D eigenvalue weighted by Gasteiger charge is -2.25. The Morgan fingerprint density at radius 3 is 2.92 bits per heavy atom. The van der Waals surface area contributed by atoms with Crippen LogP contribution in [-0.4, -0.2) is 44.7 Å². The first-order valence-electron chi connectivity index (χ1n) is 8.67. The number of thiophene rings is 1.